The highest BCUT2D eigenvalue weighted by atomic mass is 79.9. The molecule has 3 nitrogen and oxygen atoms in total. The van der Waals surface area contributed by atoms with Crippen molar-refractivity contribution in [2.24, 2.45) is 0 Å². The molecule has 6 heteroatoms. The molecule has 0 saturated carbocycles. The third-order valence-corrected chi connectivity index (χ3v) is 3.75. The fourth-order valence-corrected chi connectivity index (χ4v) is 2.85. The molecule has 96 valence electrons. The first kappa shape index (κ1) is 13.5. The van der Waals surface area contributed by atoms with Crippen molar-refractivity contribution in [1.29, 1.82) is 0 Å². The molecule has 0 atom stereocenters. The van der Waals surface area contributed by atoms with Crippen LogP contribution in [-0.2, 0) is 13.1 Å². The van der Waals surface area contributed by atoms with Gasteiger partial charge >= 0.3 is 0 Å². The van der Waals surface area contributed by atoms with Gasteiger partial charge in [0.1, 0.15) is 5.82 Å². The SMILES string of the molecule is CN(Cc1cnc(N)s1)Cc1cc(Br)ccc1F. The number of nitrogens with two attached hydrogens (primary N) is 1. The molecule has 0 aliphatic rings. The molecule has 2 N–H and O–H groups in total. The van der Waals surface area contributed by atoms with E-state index in [0.717, 1.165) is 9.35 Å². The van der Waals surface area contributed by atoms with Gasteiger partial charge in [-0.15, -0.1) is 11.3 Å². The molecule has 0 saturated heterocycles. The predicted octanol–water partition coefficient (Wildman–Crippen LogP) is 3.26. The van der Waals surface area contributed by atoms with Gasteiger partial charge in [-0.2, -0.15) is 0 Å². The molecular formula is C12H13BrFN3S. The maximum atomic E-state index is 13.6. The van der Waals surface area contributed by atoms with Crippen LogP contribution in [0.3, 0.4) is 0 Å². The number of hydrogen-bond acceptors (Lipinski definition) is 4. The molecule has 18 heavy (non-hydrogen) atoms. The van der Waals surface area contributed by atoms with Gasteiger partial charge < -0.3 is 5.73 Å². The van der Waals surface area contributed by atoms with Crippen molar-refractivity contribution in [3.63, 3.8) is 0 Å². The zero-order valence-electron chi connectivity index (χ0n) is 9.86. The summed E-state index contributed by atoms with van der Waals surface area (Å²) in [5, 5.41) is 0.562. The van der Waals surface area contributed by atoms with Crippen LogP contribution >= 0.6 is 27.3 Å². The van der Waals surface area contributed by atoms with Crippen LogP contribution in [0.5, 0.6) is 0 Å². The number of aromatic nitrogens is 1. The van der Waals surface area contributed by atoms with Crippen molar-refractivity contribution in [3.05, 3.63) is 45.1 Å². The molecule has 2 aromatic rings. The largest absolute Gasteiger partial charge is 0.375 e. The second-order valence-electron chi connectivity index (χ2n) is 4.07. The first-order valence-electron chi connectivity index (χ1n) is 5.37. The van der Waals surface area contributed by atoms with Gasteiger partial charge in [0.2, 0.25) is 0 Å². The minimum Gasteiger partial charge on any atom is -0.375 e. The third-order valence-electron chi connectivity index (χ3n) is 2.45. The Balaban J connectivity index is 2.02. The first-order valence-corrected chi connectivity index (χ1v) is 6.98. The van der Waals surface area contributed by atoms with Crippen LogP contribution in [0.4, 0.5) is 9.52 Å². The second kappa shape index (κ2) is 5.77. The highest BCUT2D eigenvalue weighted by Crippen LogP contribution is 2.19. The van der Waals surface area contributed by atoms with Crippen LogP contribution in [0.2, 0.25) is 0 Å². The summed E-state index contributed by atoms with van der Waals surface area (Å²) in [4.78, 5) is 7.10. The number of rotatable bonds is 4. The normalized spacial score (nSPS) is 11.1. The van der Waals surface area contributed by atoms with Gasteiger partial charge in [0, 0.05) is 34.2 Å². The Labute approximate surface area is 118 Å². The molecule has 0 aliphatic heterocycles. The van der Waals surface area contributed by atoms with E-state index in [9.17, 15) is 4.39 Å². The number of nitrogen functional groups attached to an aromatic ring is 1. The lowest BCUT2D eigenvalue weighted by atomic mass is 10.2. The third kappa shape index (κ3) is 3.51. The topological polar surface area (TPSA) is 42.2 Å². The van der Waals surface area contributed by atoms with Crippen molar-refractivity contribution < 1.29 is 4.39 Å². The lowest BCUT2D eigenvalue weighted by Gasteiger charge is -2.16. The monoisotopic (exact) mass is 329 g/mol. The van der Waals surface area contributed by atoms with Gasteiger partial charge in [0.15, 0.2) is 5.13 Å². The lowest BCUT2D eigenvalue weighted by Crippen LogP contribution is -2.17. The minimum atomic E-state index is -0.186. The van der Waals surface area contributed by atoms with Crippen LogP contribution in [0.25, 0.3) is 0 Å². The van der Waals surface area contributed by atoms with E-state index in [0.29, 0.717) is 23.8 Å². The molecule has 1 aromatic carbocycles. The average Bonchev–Trinajstić information content (AvgIpc) is 2.69. The van der Waals surface area contributed by atoms with E-state index in [1.54, 1.807) is 18.3 Å². The molecule has 1 aromatic heterocycles. The highest BCUT2D eigenvalue weighted by molar-refractivity contribution is 9.10. The van der Waals surface area contributed by atoms with E-state index in [-0.39, 0.29) is 5.82 Å². The molecule has 0 radical (unpaired) electrons. The predicted molar refractivity (Wildman–Crippen MR) is 75.8 cm³/mol. The standard InChI is InChI=1S/C12H13BrFN3S/c1-17(7-10-5-16-12(15)18-10)6-8-4-9(13)2-3-11(8)14/h2-5H,6-7H2,1H3,(H2,15,16). The summed E-state index contributed by atoms with van der Waals surface area (Å²) in [6.45, 7) is 1.25. The average molecular weight is 330 g/mol. The van der Waals surface area contributed by atoms with E-state index < -0.39 is 0 Å². The Kier molecular flexibility index (Phi) is 4.31. The van der Waals surface area contributed by atoms with Crippen LogP contribution in [-0.4, -0.2) is 16.9 Å². The first-order chi connectivity index (χ1) is 8.54. The quantitative estimate of drug-likeness (QED) is 0.936. The molecule has 0 amide bonds. The van der Waals surface area contributed by atoms with E-state index in [1.165, 1.54) is 17.4 Å². The molecule has 1 heterocycles. The fraction of sp³-hybridized carbons (Fsp3) is 0.250. The van der Waals surface area contributed by atoms with Gasteiger partial charge in [-0.25, -0.2) is 9.37 Å². The van der Waals surface area contributed by atoms with Gasteiger partial charge in [-0.05, 0) is 25.2 Å². The van der Waals surface area contributed by atoms with Crippen LogP contribution in [0.15, 0.2) is 28.9 Å². The molecule has 0 unspecified atom stereocenters. The van der Waals surface area contributed by atoms with Gasteiger partial charge in [0.05, 0.1) is 0 Å². The number of benzene rings is 1. The molecular weight excluding hydrogens is 317 g/mol. The fourth-order valence-electron chi connectivity index (χ4n) is 1.67. The van der Waals surface area contributed by atoms with E-state index >= 15 is 0 Å². The summed E-state index contributed by atoms with van der Waals surface area (Å²) >= 11 is 4.80. The molecule has 0 spiro atoms. The summed E-state index contributed by atoms with van der Waals surface area (Å²) < 4.78 is 14.5. The summed E-state index contributed by atoms with van der Waals surface area (Å²) in [7, 11) is 1.94. The van der Waals surface area contributed by atoms with Crippen LogP contribution in [0, 0.1) is 5.82 Å². The highest BCUT2D eigenvalue weighted by Gasteiger charge is 2.08. The van der Waals surface area contributed by atoms with Crippen molar-refractivity contribution in [1.82, 2.24) is 9.88 Å². The molecule has 0 aliphatic carbocycles. The van der Waals surface area contributed by atoms with Gasteiger partial charge in [0.25, 0.3) is 0 Å². The van der Waals surface area contributed by atoms with Crippen LogP contribution in [0.1, 0.15) is 10.4 Å². The number of thiazole rings is 1. The van der Waals surface area contributed by atoms with E-state index in [4.69, 9.17) is 5.73 Å². The Morgan fingerprint density at radius 3 is 2.89 bits per heavy atom. The summed E-state index contributed by atoms with van der Waals surface area (Å²) in [5.74, 6) is -0.186. The Bertz CT molecular complexity index is 544. The number of hydrogen-bond donors (Lipinski definition) is 1. The van der Waals surface area contributed by atoms with E-state index in [2.05, 4.69) is 20.9 Å². The van der Waals surface area contributed by atoms with Gasteiger partial charge in [-0.1, -0.05) is 15.9 Å². The molecule has 0 bridgehead atoms. The Morgan fingerprint density at radius 1 is 1.44 bits per heavy atom. The smallest absolute Gasteiger partial charge is 0.180 e. The molecule has 0 fully saturated rings. The number of nitrogens with zero attached hydrogens (tertiary/aromatic N) is 2. The lowest BCUT2D eigenvalue weighted by molar-refractivity contribution is 0.316. The zero-order chi connectivity index (χ0) is 13.1. The maximum absolute atomic E-state index is 13.6. The summed E-state index contributed by atoms with van der Waals surface area (Å²) in [5.41, 5.74) is 6.24. The number of halogens is 2. The Morgan fingerprint density at radius 2 is 2.22 bits per heavy atom. The Hall–Kier alpha value is -0.980. The van der Waals surface area contributed by atoms with Crippen molar-refractivity contribution >= 4 is 32.4 Å². The summed E-state index contributed by atoms with van der Waals surface area (Å²) in [6, 6.07) is 4.97. The zero-order valence-corrected chi connectivity index (χ0v) is 12.3. The van der Waals surface area contributed by atoms with Crippen molar-refractivity contribution in [3.8, 4) is 0 Å². The number of anilines is 1. The minimum absolute atomic E-state index is 0.186. The van der Waals surface area contributed by atoms with Crippen LogP contribution < -0.4 is 5.73 Å². The van der Waals surface area contributed by atoms with Crippen molar-refractivity contribution in [2.45, 2.75) is 13.1 Å². The summed E-state index contributed by atoms with van der Waals surface area (Å²) in [6.07, 6.45) is 1.76. The van der Waals surface area contributed by atoms with Gasteiger partial charge in [-0.3, -0.25) is 4.90 Å². The van der Waals surface area contributed by atoms with E-state index in [1.807, 2.05) is 11.9 Å². The molecule has 2 rings (SSSR count). The van der Waals surface area contributed by atoms with Crippen molar-refractivity contribution in [2.75, 3.05) is 12.8 Å². The maximum Gasteiger partial charge on any atom is 0.180 e. The second-order valence-corrected chi connectivity index (χ2v) is 6.14.